The van der Waals surface area contributed by atoms with Crippen LogP contribution >= 0.6 is 0 Å². The van der Waals surface area contributed by atoms with Gasteiger partial charge in [-0.15, -0.1) is 0 Å². The summed E-state index contributed by atoms with van der Waals surface area (Å²) in [6, 6.07) is 8.00. The van der Waals surface area contributed by atoms with Gasteiger partial charge in [-0.05, 0) is 40.2 Å². The number of nitrogens with zero attached hydrogens (tertiary/aromatic N) is 1. The van der Waals surface area contributed by atoms with E-state index in [1.54, 1.807) is 52.0 Å². The third kappa shape index (κ3) is 10.5. The molecule has 0 aliphatic heterocycles. The highest BCUT2D eigenvalue weighted by Gasteiger charge is 2.28. The van der Waals surface area contributed by atoms with Gasteiger partial charge >= 0.3 is 6.09 Å². The monoisotopic (exact) mass is 426 g/mol. The van der Waals surface area contributed by atoms with Crippen LogP contribution in [0, 0.1) is 0 Å². The Morgan fingerprint density at radius 3 is 2.37 bits per heavy atom. The lowest BCUT2D eigenvalue weighted by atomic mass is 10.1. The van der Waals surface area contributed by atoms with Crippen molar-refractivity contribution in [2.45, 2.75) is 71.6 Å². The third-order valence-corrected chi connectivity index (χ3v) is 3.93. The van der Waals surface area contributed by atoms with Crippen LogP contribution < -0.4 is 5.32 Å². The molecule has 0 aliphatic rings. The first-order valence-corrected chi connectivity index (χ1v) is 9.95. The molecule has 0 aromatic heterocycles. The van der Waals surface area contributed by atoms with Gasteiger partial charge in [-0.2, -0.15) is 0 Å². The molecule has 0 spiro atoms. The molecule has 170 valence electrons. The van der Waals surface area contributed by atoms with E-state index in [9.17, 15) is 19.9 Å². The van der Waals surface area contributed by atoms with E-state index < -0.39 is 42.5 Å². The number of hydroxylamine groups is 2. The number of benzene rings is 1. The van der Waals surface area contributed by atoms with Crippen LogP contribution in [0.1, 0.15) is 46.6 Å². The van der Waals surface area contributed by atoms with Crippen LogP contribution in [0.2, 0.25) is 0 Å². The number of rotatable bonds is 11. The van der Waals surface area contributed by atoms with Gasteiger partial charge in [0.2, 0.25) is 5.91 Å². The van der Waals surface area contributed by atoms with E-state index in [2.05, 4.69) is 5.32 Å². The molecule has 9 nitrogen and oxygen atoms in total. The van der Waals surface area contributed by atoms with Crippen LogP contribution in [0.4, 0.5) is 4.79 Å². The van der Waals surface area contributed by atoms with Crippen molar-refractivity contribution in [3.05, 3.63) is 35.9 Å². The predicted molar refractivity (Wildman–Crippen MR) is 110 cm³/mol. The molecule has 0 radical (unpaired) electrons. The van der Waals surface area contributed by atoms with Crippen molar-refractivity contribution >= 4 is 12.0 Å². The summed E-state index contributed by atoms with van der Waals surface area (Å²) in [4.78, 5) is 24.5. The summed E-state index contributed by atoms with van der Waals surface area (Å²) in [5.74, 6) is -0.694. The predicted octanol–water partition coefficient (Wildman–Crippen LogP) is 2.45. The number of amides is 2. The zero-order chi connectivity index (χ0) is 22.7. The molecule has 0 heterocycles. The van der Waals surface area contributed by atoms with Crippen molar-refractivity contribution in [1.29, 1.82) is 0 Å². The van der Waals surface area contributed by atoms with E-state index in [1.807, 2.05) is 13.0 Å². The van der Waals surface area contributed by atoms with Crippen molar-refractivity contribution in [2.24, 2.45) is 0 Å². The van der Waals surface area contributed by atoms with Crippen LogP contribution in [-0.4, -0.2) is 64.6 Å². The number of aliphatic hydroxyl groups is 1. The summed E-state index contributed by atoms with van der Waals surface area (Å²) in [7, 11) is 0. The minimum absolute atomic E-state index is 0.0194. The maximum Gasteiger partial charge on any atom is 0.408 e. The first-order valence-electron chi connectivity index (χ1n) is 9.95. The molecule has 9 heteroatoms. The van der Waals surface area contributed by atoms with Crippen molar-refractivity contribution in [3.8, 4) is 0 Å². The van der Waals surface area contributed by atoms with E-state index in [0.717, 1.165) is 5.56 Å². The Bertz CT molecular complexity index is 649. The first-order chi connectivity index (χ1) is 14.0. The van der Waals surface area contributed by atoms with Gasteiger partial charge in [0, 0.05) is 6.61 Å². The summed E-state index contributed by atoms with van der Waals surface area (Å²) in [6.45, 7) is 8.93. The summed E-state index contributed by atoms with van der Waals surface area (Å²) in [5, 5.41) is 23.6. The van der Waals surface area contributed by atoms with E-state index in [4.69, 9.17) is 14.2 Å². The number of aliphatic hydroxyl groups excluding tert-OH is 1. The molecule has 30 heavy (non-hydrogen) atoms. The van der Waals surface area contributed by atoms with E-state index >= 15 is 0 Å². The summed E-state index contributed by atoms with van der Waals surface area (Å²) >= 11 is 0. The molecular weight excluding hydrogens is 392 g/mol. The smallest absolute Gasteiger partial charge is 0.408 e. The van der Waals surface area contributed by atoms with Gasteiger partial charge in [0.05, 0.1) is 31.7 Å². The third-order valence-electron chi connectivity index (χ3n) is 3.93. The normalized spacial score (nSPS) is 14.5. The molecule has 0 bridgehead atoms. The average Bonchev–Trinajstić information content (AvgIpc) is 2.64. The number of ether oxygens (including phenoxy) is 3. The lowest BCUT2D eigenvalue weighted by Gasteiger charge is -2.28. The fourth-order valence-electron chi connectivity index (χ4n) is 2.50. The number of nitrogens with one attached hydrogen (secondary N) is 1. The minimum Gasteiger partial charge on any atom is -0.444 e. The standard InChI is InChI=1S/C21H34N2O7/c1-6-28-15(2)29-14-17(22-20(26)30-21(3,4)5)18(24)12-19(25)23(27)13-16-10-8-7-9-11-16/h7-11,15,17-18,24,27H,6,12-14H2,1-5H3,(H,22,26)/t15?,17-,18+/m1/s1. The Kier molecular flexibility index (Phi) is 10.8. The first kappa shape index (κ1) is 25.8. The number of alkyl carbamates (subject to hydrolysis) is 1. The number of hydrogen-bond donors (Lipinski definition) is 3. The maximum atomic E-state index is 12.3. The van der Waals surface area contributed by atoms with Crippen LogP contribution in [0.5, 0.6) is 0 Å². The second kappa shape index (κ2) is 12.5. The summed E-state index contributed by atoms with van der Waals surface area (Å²) in [5.41, 5.74) is 0.00654. The molecule has 0 saturated carbocycles. The molecule has 1 aromatic rings. The Morgan fingerprint density at radius 2 is 1.80 bits per heavy atom. The largest absolute Gasteiger partial charge is 0.444 e. The molecule has 1 unspecified atom stereocenters. The van der Waals surface area contributed by atoms with Gasteiger partial charge in [-0.1, -0.05) is 30.3 Å². The lowest BCUT2D eigenvalue weighted by Crippen LogP contribution is -2.50. The highest BCUT2D eigenvalue weighted by atomic mass is 16.7. The van der Waals surface area contributed by atoms with Gasteiger partial charge in [-0.3, -0.25) is 10.0 Å². The van der Waals surface area contributed by atoms with Crippen molar-refractivity contribution in [1.82, 2.24) is 10.4 Å². The highest BCUT2D eigenvalue weighted by molar-refractivity contribution is 5.75. The zero-order valence-corrected chi connectivity index (χ0v) is 18.3. The Hall–Kier alpha value is -2.20. The molecule has 1 aromatic carbocycles. The molecule has 3 N–H and O–H groups in total. The highest BCUT2D eigenvalue weighted by Crippen LogP contribution is 2.11. The lowest BCUT2D eigenvalue weighted by molar-refractivity contribution is -0.171. The molecule has 0 aliphatic carbocycles. The van der Waals surface area contributed by atoms with Crippen LogP contribution in [0.25, 0.3) is 0 Å². The fraction of sp³-hybridized carbons (Fsp3) is 0.619. The molecule has 2 amide bonds. The van der Waals surface area contributed by atoms with Crippen molar-refractivity contribution in [3.63, 3.8) is 0 Å². The Labute approximate surface area is 177 Å². The SMILES string of the molecule is CCOC(C)OC[C@@H](NC(=O)OC(C)(C)C)[C@@H](O)CC(=O)N(O)Cc1ccccc1. The Morgan fingerprint density at radius 1 is 1.17 bits per heavy atom. The van der Waals surface area contributed by atoms with Crippen LogP contribution in [0.15, 0.2) is 30.3 Å². The van der Waals surface area contributed by atoms with E-state index in [-0.39, 0.29) is 13.2 Å². The second-order valence-corrected chi connectivity index (χ2v) is 7.82. The maximum absolute atomic E-state index is 12.3. The Balaban J connectivity index is 2.72. The van der Waals surface area contributed by atoms with Crippen LogP contribution in [-0.2, 0) is 25.5 Å². The topological polar surface area (TPSA) is 118 Å². The average molecular weight is 427 g/mol. The molecule has 3 atom stereocenters. The van der Waals surface area contributed by atoms with Crippen molar-refractivity contribution in [2.75, 3.05) is 13.2 Å². The molecule has 0 fully saturated rings. The van der Waals surface area contributed by atoms with Gasteiger partial charge in [0.25, 0.3) is 0 Å². The van der Waals surface area contributed by atoms with Gasteiger partial charge in [0.1, 0.15) is 5.60 Å². The number of hydrogen-bond acceptors (Lipinski definition) is 7. The van der Waals surface area contributed by atoms with Crippen molar-refractivity contribution < 1.29 is 34.1 Å². The number of carbonyl (C=O) groups is 2. The summed E-state index contributed by atoms with van der Waals surface area (Å²) < 4.78 is 16.0. The van der Waals surface area contributed by atoms with E-state index in [0.29, 0.717) is 11.7 Å². The zero-order valence-electron chi connectivity index (χ0n) is 18.3. The van der Waals surface area contributed by atoms with E-state index in [1.165, 1.54) is 0 Å². The van der Waals surface area contributed by atoms with Gasteiger partial charge in [0.15, 0.2) is 6.29 Å². The second-order valence-electron chi connectivity index (χ2n) is 7.82. The number of carbonyl (C=O) groups excluding carboxylic acids is 2. The fourth-order valence-corrected chi connectivity index (χ4v) is 2.50. The summed E-state index contributed by atoms with van der Waals surface area (Å²) in [6.07, 6.45) is -3.05. The van der Waals surface area contributed by atoms with Crippen LogP contribution in [0.3, 0.4) is 0 Å². The molecule has 1 rings (SSSR count). The van der Waals surface area contributed by atoms with Gasteiger partial charge in [-0.25, -0.2) is 9.86 Å². The minimum atomic E-state index is -1.32. The quantitative estimate of drug-likeness (QED) is 0.283. The molecule has 0 saturated heterocycles. The van der Waals surface area contributed by atoms with Gasteiger partial charge < -0.3 is 24.6 Å². The molecular formula is C21H34N2O7.